The molecular formula is C23H19Cl2IN2O3S. The van der Waals surface area contributed by atoms with Gasteiger partial charge in [0.05, 0.1) is 24.1 Å². The maximum absolute atomic E-state index is 12.0. The molecule has 1 amide bonds. The minimum Gasteiger partial charge on any atom is -0.493 e. The van der Waals surface area contributed by atoms with Crippen LogP contribution < -0.4 is 14.9 Å². The summed E-state index contributed by atoms with van der Waals surface area (Å²) in [5.41, 5.74) is 4.19. The second kappa shape index (κ2) is 12.3. The molecule has 0 aromatic heterocycles. The number of hydrogen-bond donors (Lipinski definition) is 1. The minimum atomic E-state index is -0.225. The lowest BCUT2D eigenvalue weighted by Gasteiger charge is -2.13. The van der Waals surface area contributed by atoms with Crippen molar-refractivity contribution in [3.8, 4) is 11.5 Å². The number of nitrogens with one attached hydrogen (secondary N) is 1. The Morgan fingerprint density at radius 3 is 2.53 bits per heavy atom. The Balaban J connectivity index is 1.57. The molecule has 0 saturated carbocycles. The lowest BCUT2D eigenvalue weighted by molar-refractivity contribution is -0.118. The van der Waals surface area contributed by atoms with E-state index in [0.29, 0.717) is 33.7 Å². The monoisotopic (exact) mass is 600 g/mol. The van der Waals surface area contributed by atoms with Crippen LogP contribution in [0.5, 0.6) is 11.5 Å². The van der Waals surface area contributed by atoms with Crippen LogP contribution >= 0.6 is 57.6 Å². The molecule has 0 aliphatic heterocycles. The second-order valence-corrected chi connectivity index (χ2v) is 9.62. The molecule has 0 spiro atoms. The number of methoxy groups -OCH3 is 1. The van der Waals surface area contributed by atoms with E-state index in [2.05, 4.69) is 33.1 Å². The van der Waals surface area contributed by atoms with Crippen molar-refractivity contribution in [2.75, 3.05) is 12.9 Å². The Labute approximate surface area is 214 Å². The summed E-state index contributed by atoms with van der Waals surface area (Å²) < 4.78 is 12.5. The lowest BCUT2D eigenvalue weighted by Crippen LogP contribution is -2.19. The SMILES string of the molecule is COc1cc(/C=N\NC(=O)CSc2ccc(Cl)cc2)cc(Cl)c1OCc1ccc(I)cc1. The number of amides is 1. The van der Waals surface area contributed by atoms with Crippen molar-refractivity contribution in [2.45, 2.75) is 11.5 Å². The zero-order chi connectivity index (χ0) is 22.9. The predicted molar refractivity (Wildman–Crippen MR) is 139 cm³/mol. The number of hydrogen-bond acceptors (Lipinski definition) is 5. The summed E-state index contributed by atoms with van der Waals surface area (Å²) in [5, 5.41) is 5.05. The van der Waals surface area contributed by atoms with Crippen LogP contribution in [0.4, 0.5) is 0 Å². The molecule has 3 rings (SSSR count). The number of halogens is 3. The number of carbonyl (C=O) groups excluding carboxylic acids is 1. The number of carbonyl (C=O) groups is 1. The molecule has 166 valence electrons. The van der Waals surface area contributed by atoms with Gasteiger partial charge in [-0.1, -0.05) is 35.3 Å². The summed E-state index contributed by atoms with van der Waals surface area (Å²) in [7, 11) is 1.54. The van der Waals surface area contributed by atoms with E-state index in [-0.39, 0.29) is 11.7 Å². The topological polar surface area (TPSA) is 59.9 Å². The summed E-state index contributed by atoms with van der Waals surface area (Å²) in [6.45, 7) is 0.363. The molecule has 3 aromatic carbocycles. The lowest BCUT2D eigenvalue weighted by atomic mass is 10.2. The highest BCUT2D eigenvalue weighted by Gasteiger charge is 2.12. The van der Waals surface area contributed by atoms with Gasteiger partial charge in [0.15, 0.2) is 11.5 Å². The highest BCUT2D eigenvalue weighted by Crippen LogP contribution is 2.36. The highest BCUT2D eigenvalue weighted by atomic mass is 127. The van der Waals surface area contributed by atoms with Crippen LogP contribution in [0.3, 0.4) is 0 Å². The number of benzene rings is 3. The van der Waals surface area contributed by atoms with Crippen molar-refractivity contribution in [3.05, 3.63) is 85.4 Å². The third kappa shape index (κ3) is 7.58. The summed E-state index contributed by atoms with van der Waals surface area (Å²) in [6, 6.07) is 18.8. The first kappa shape index (κ1) is 24.7. The minimum absolute atomic E-state index is 0.225. The Morgan fingerprint density at radius 1 is 1.12 bits per heavy atom. The number of ether oxygens (including phenoxy) is 2. The number of hydrazone groups is 1. The smallest absolute Gasteiger partial charge is 0.250 e. The molecule has 0 heterocycles. The standard InChI is InChI=1S/C23H19Cl2IN2O3S/c1-30-21-11-16(10-20(25)23(21)31-13-15-2-6-18(26)7-3-15)12-27-28-22(29)14-32-19-8-4-17(24)5-9-19/h2-12H,13-14H2,1H3,(H,28,29)/b27-12-. The van der Waals surface area contributed by atoms with Crippen LogP contribution in [-0.4, -0.2) is 25.0 Å². The fourth-order valence-corrected chi connectivity index (χ4v) is 4.03. The molecule has 9 heteroatoms. The van der Waals surface area contributed by atoms with Crippen LogP contribution in [-0.2, 0) is 11.4 Å². The Morgan fingerprint density at radius 2 is 1.84 bits per heavy atom. The molecular weight excluding hydrogens is 582 g/mol. The van der Waals surface area contributed by atoms with Gasteiger partial charge in [-0.3, -0.25) is 4.79 Å². The third-order valence-electron chi connectivity index (χ3n) is 4.13. The van der Waals surface area contributed by atoms with Crippen molar-refractivity contribution in [1.29, 1.82) is 0 Å². The number of thioether (sulfide) groups is 1. The zero-order valence-electron chi connectivity index (χ0n) is 17.0. The number of rotatable bonds is 9. The molecule has 0 aliphatic rings. The van der Waals surface area contributed by atoms with E-state index in [9.17, 15) is 4.79 Å². The fourth-order valence-electron chi connectivity index (χ4n) is 2.58. The first-order valence-corrected chi connectivity index (χ1v) is 12.2. The van der Waals surface area contributed by atoms with Crippen LogP contribution in [0.1, 0.15) is 11.1 Å². The van der Waals surface area contributed by atoms with Crippen LogP contribution in [0.15, 0.2) is 70.7 Å². The highest BCUT2D eigenvalue weighted by molar-refractivity contribution is 14.1. The van der Waals surface area contributed by atoms with Gasteiger partial charge >= 0.3 is 0 Å². The summed E-state index contributed by atoms with van der Waals surface area (Å²) >= 11 is 15.9. The largest absolute Gasteiger partial charge is 0.493 e. The van der Waals surface area contributed by atoms with E-state index in [1.54, 1.807) is 31.4 Å². The van der Waals surface area contributed by atoms with Crippen molar-refractivity contribution in [3.63, 3.8) is 0 Å². The van der Waals surface area contributed by atoms with E-state index < -0.39 is 0 Å². The van der Waals surface area contributed by atoms with Gasteiger partial charge in [0, 0.05) is 13.5 Å². The van der Waals surface area contributed by atoms with Gasteiger partial charge in [-0.15, -0.1) is 11.8 Å². The van der Waals surface area contributed by atoms with Gasteiger partial charge in [0.25, 0.3) is 0 Å². The quantitative estimate of drug-likeness (QED) is 0.133. The molecule has 0 unspecified atom stereocenters. The van der Waals surface area contributed by atoms with Crippen molar-refractivity contribution < 1.29 is 14.3 Å². The normalized spacial score (nSPS) is 10.9. The van der Waals surface area contributed by atoms with Crippen molar-refractivity contribution in [1.82, 2.24) is 5.43 Å². The van der Waals surface area contributed by atoms with Gasteiger partial charge in [-0.2, -0.15) is 5.10 Å². The van der Waals surface area contributed by atoms with Gasteiger partial charge in [0.2, 0.25) is 5.91 Å². The molecule has 1 N–H and O–H groups in total. The molecule has 0 atom stereocenters. The molecule has 0 fully saturated rings. The van der Waals surface area contributed by atoms with Crippen LogP contribution in [0.2, 0.25) is 10.0 Å². The molecule has 0 saturated heterocycles. The van der Waals surface area contributed by atoms with Gasteiger partial charge in [-0.05, 0) is 82.2 Å². The van der Waals surface area contributed by atoms with Gasteiger partial charge in [-0.25, -0.2) is 5.43 Å². The summed E-state index contributed by atoms with van der Waals surface area (Å²) in [6.07, 6.45) is 1.50. The Hall–Kier alpha value is -1.94. The van der Waals surface area contributed by atoms with E-state index in [0.717, 1.165) is 14.0 Å². The van der Waals surface area contributed by atoms with E-state index in [1.165, 1.54) is 18.0 Å². The second-order valence-electron chi connectivity index (χ2n) is 6.49. The van der Waals surface area contributed by atoms with Gasteiger partial charge < -0.3 is 9.47 Å². The maximum atomic E-state index is 12.0. The third-order valence-corrected chi connectivity index (χ3v) is 6.40. The molecule has 32 heavy (non-hydrogen) atoms. The average Bonchev–Trinajstić information content (AvgIpc) is 2.79. The van der Waals surface area contributed by atoms with E-state index in [1.807, 2.05) is 36.4 Å². The van der Waals surface area contributed by atoms with Crippen LogP contribution in [0, 0.1) is 3.57 Å². The summed E-state index contributed by atoms with van der Waals surface area (Å²) in [5.74, 6) is 0.938. The van der Waals surface area contributed by atoms with Crippen LogP contribution in [0.25, 0.3) is 0 Å². The predicted octanol–water partition coefficient (Wildman–Crippen LogP) is 6.43. The van der Waals surface area contributed by atoms with E-state index in [4.69, 9.17) is 32.7 Å². The van der Waals surface area contributed by atoms with E-state index >= 15 is 0 Å². The maximum Gasteiger partial charge on any atom is 0.250 e. The molecule has 3 aromatic rings. The Bertz CT molecular complexity index is 1090. The van der Waals surface area contributed by atoms with Gasteiger partial charge in [0.1, 0.15) is 6.61 Å². The zero-order valence-corrected chi connectivity index (χ0v) is 21.5. The molecule has 5 nitrogen and oxygen atoms in total. The molecule has 0 radical (unpaired) electrons. The molecule has 0 aliphatic carbocycles. The van der Waals surface area contributed by atoms with Crippen molar-refractivity contribution >= 4 is 69.7 Å². The fraction of sp³-hybridized carbons (Fsp3) is 0.130. The van der Waals surface area contributed by atoms with Crippen molar-refractivity contribution in [2.24, 2.45) is 5.10 Å². The Kier molecular flexibility index (Phi) is 9.52. The molecule has 0 bridgehead atoms. The number of nitrogens with zero attached hydrogens (tertiary/aromatic N) is 1. The first-order valence-electron chi connectivity index (χ1n) is 9.39. The average molecular weight is 601 g/mol. The first-order chi connectivity index (χ1) is 15.4. The summed E-state index contributed by atoms with van der Waals surface area (Å²) in [4.78, 5) is 13.0.